The largest absolute Gasteiger partial charge is 0.506 e. The lowest BCUT2D eigenvalue weighted by molar-refractivity contribution is 0.468. The minimum atomic E-state index is -0.401. The van der Waals surface area contributed by atoms with Crippen LogP contribution < -0.4 is 0 Å². The number of rotatable bonds is 3. The summed E-state index contributed by atoms with van der Waals surface area (Å²) in [5.41, 5.74) is 2.75. The number of aromatic nitrogens is 3. The van der Waals surface area contributed by atoms with Crippen LogP contribution in [-0.4, -0.2) is 19.5 Å². The van der Waals surface area contributed by atoms with Crippen LogP contribution in [0.15, 0.2) is 33.5 Å². The monoisotopic (exact) mass is 427 g/mol. The van der Waals surface area contributed by atoms with Crippen LogP contribution in [0.4, 0.5) is 4.39 Å². The van der Waals surface area contributed by atoms with Crippen molar-refractivity contribution in [1.29, 1.82) is 0 Å². The smallest absolute Gasteiger partial charge is 0.234 e. The standard InChI is InChI=1S/C15H12Br2FN3O/c1-2-12-13(21-7-9(18)6-19-15(21)20-12)5-8-3-10(16)14(22)11(17)4-8/h3-4,6-7,22H,2,5H2,1H3. The number of phenols is 1. The highest BCUT2D eigenvalue weighted by atomic mass is 79.9. The zero-order valence-corrected chi connectivity index (χ0v) is 14.8. The second-order valence-electron chi connectivity index (χ2n) is 4.89. The van der Waals surface area contributed by atoms with Gasteiger partial charge in [-0.1, -0.05) is 6.92 Å². The Hall–Kier alpha value is -1.47. The van der Waals surface area contributed by atoms with Gasteiger partial charge in [0, 0.05) is 12.6 Å². The van der Waals surface area contributed by atoms with Crippen LogP contribution in [0, 0.1) is 5.82 Å². The highest BCUT2D eigenvalue weighted by Gasteiger charge is 2.14. The van der Waals surface area contributed by atoms with Gasteiger partial charge in [0.2, 0.25) is 5.78 Å². The van der Waals surface area contributed by atoms with Crippen LogP contribution >= 0.6 is 31.9 Å². The molecule has 3 rings (SSSR count). The predicted molar refractivity (Wildman–Crippen MR) is 88.6 cm³/mol. The van der Waals surface area contributed by atoms with E-state index in [1.54, 1.807) is 4.40 Å². The summed E-state index contributed by atoms with van der Waals surface area (Å²) in [5.74, 6) is 0.248. The molecule has 1 aromatic carbocycles. The van der Waals surface area contributed by atoms with E-state index in [0.29, 0.717) is 21.1 Å². The molecule has 0 aliphatic carbocycles. The summed E-state index contributed by atoms with van der Waals surface area (Å²) in [6.07, 6.45) is 3.86. The Morgan fingerprint density at radius 2 is 1.95 bits per heavy atom. The third-order valence-corrected chi connectivity index (χ3v) is 4.62. The minimum Gasteiger partial charge on any atom is -0.506 e. The first-order valence-corrected chi connectivity index (χ1v) is 8.26. The van der Waals surface area contributed by atoms with Crippen molar-refractivity contribution in [2.45, 2.75) is 19.8 Å². The lowest BCUT2D eigenvalue weighted by atomic mass is 10.1. The molecule has 1 N–H and O–H groups in total. The van der Waals surface area contributed by atoms with Crippen LogP contribution in [0.2, 0.25) is 0 Å². The molecule has 0 aliphatic heterocycles. The van der Waals surface area contributed by atoms with Crippen LogP contribution in [0.5, 0.6) is 5.75 Å². The van der Waals surface area contributed by atoms with Gasteiger partial charge in [-0.05, 0) is 56.0 Å². The number of aryl methyl sites for hydroxylation is 1. The fourth-order valence-electron chi connectivity index (χ4n) is 2.39. The quantitative estimate of drug-likeness (QED) is 0.678. The number of phenolic OH excluding ortho intramolecular Hbond substituents is 1. The van der Waals surface area contributed by atoms with Crippen molar-refractivity contribution in [3.63, 3.8) is 0 Å². The summed E-state index contributed by atoms with van der Waals surface area (Å²) in [7, 11) is 0. The Morgan fingerprint density at radius 1 is 1.27 bits per heavy atom. The average molecular weight is 429 g/mol. The van der Waals surface area contributed by atoms with Crippen LogP contribution in [-0.2, 0) is 12.8 Å². The number of aromatic hydroxyl groups is 1. The van der Waals surface area contributed by atoms with Gasteiger partial charge in [-0.25, -0.2) is 14.4 Å². The molecule has 4 nitrogen and oxygen atoms in total. The molecule has 0 bridgehead atoms. The Bertz CT molecular complexity index is 840. The van der Waals surface area contributed by atoms with Crippen molar-refractivity contribution < 1.29 is 9.50 Å². The van der Waals surface area contributed by atoms with Gasteiger partial charge in [-0.2, -0.15) is 0 Å². The molecule has 0 saturated heterocycles. The molecular formula is C15H12Br2FN3O. The van der Waals surface area contributed by atoms with Gasteiger partial charge < -0.3 is 5.11 Å². The molecule has 0 saturated carbocycles. The highest BCUT2D eigenvalue weighted by Crippen LogP contribution is 2.34. The molecule has 0 aliphatic rings. The topological polar surface area (TPSA) is 50.4 Å². The van der Waals surface area contributed by atoms with Gasteiger partial charge in [0.05, 0.1) is 26.5 Å². The summed E-state index contributed by atoms with van der Waals surface area (Å²) >= 11 is 6.65. The maximum absolute atomic E-state index is 13.5. The molecule has 2 heterocycles. The van der Waals surface area contributed by atoms with Gasteiger partial charge in [-0.15, -0.1) is 0 Å². The van der Waals surface area contributed by atoms with E-state index in [9.17, 15) is 9.50 Å². The number of hydrogen-bond donors (Lipinski definition) is 1. The molecule has 0 spiro atoms. The average Bonchev–Trinajstić information content (AvgIpc) is 2.82. The zero-order chi connectivity index (χ0) is 15.9. The van der Waals surface area contributed by atoms with E-state index in [1.807, 2.05) is 19.1 Å². The fraction of sp³-hybridized carbons (Fsp3) is 0.200. The lowest BCUT2D eigenvalue weighted by Gasteiger charge is -2.07. The number of nitrogens with zero attached hydrogens (tertiary/aromatic N) is 3. The minimum absolute atomic E-state index is 0.158. The summed E-state index contributed by atoms with van der Waals surface area (Å²) < 4.78 is 16.4. The van der Waals surface area contributed by atoms with Gasteiger partial charge >= 0.3 is 0 Å². The second-order valence-corrected chi connectivity index (χ2v) is 6.59. The number of imidazole rings is 1. The van der Waals surface area contributed by atoms with Crippen LogP contribution in [0.3, 0.4) is 0 Å². The first kappa shape index (κ1) is 15.4. The predicted octanol–water partition coefficient (Wildman–Crippen LogP) is 4.25. The van der Waals surface area contributed by atoms with Gasteiger partial charge in [-0.3, -0.25) is 4.40 Å². The van der Waals surface area contributed by atoms with E-state index in [1.165, 1.54) is 12.4 Å². The van der Waals surface area contributed by atoms with E-state index >= 15 is 0 Å². The molecule has 0 fully saturated rings. The first-order chi connectivity index (χ1) is 10.5. The summed E-state index contributed by atoms with van der Waals surface area (Å²) in [6, 6.07) is 3.68. The maximum atomic E-state index is 13.5. The zero-order valence-electron chi connectivity index (χ0n) is 11.6. The van der Waals surface area contributed by atoms with Crippen LogP contribution in [0.25, 0.3) is 5.78 Å². The first-order valence-electron chi connectivity index (χ1n) is 6.67. The maximum Gasteiger partial charge on any atom is 0.234 e. The molecule has 3 aromatic rings. The second kappa shape index (κ2) is 5.96. The van der Waals surface area contributed by atoms with E-state index in [-0.39, 0.29) is 5.75 Å². The molecular weight excluding hydrogens is 417 g/mol. The third-order valence-electron chi connectivity index (χ3n) is 3.41. The van der Waals surface area contributed by atoms with E-state index in [4.69, 9.17) is 0 Å². The Labute approximate surface area is 143 Å². The van der Waals surface area contributed by atoms with Crippen molar-refractivity contribution in [1.82, 2.24) is 14.4 Å². The van der Waals surface area contributed by atoms with Crippen molar-refractivity contribution in [2.24, 2.45) is 0 Å². The normalized spacial score (nSPS) is 11.3. The molecule has 22 heavy (non-hydrogen) atoms. The Balaban J connectivity index is 2.12. The molecule has 0 unspecified atom stereocenters. The van der Waals surface area contributed by atoms with Gasteiger partial charge in [0.25, 0.3) is 0 Å². The Morgan fingerprint density at radius 3 is 2.59 bits per heavy atom. The van der Waals surface area contributed by atoms with Crippen molar-refractivity contribution in [2.75, 3.05) is 0 Å². The molecule has 7 heteroatoms. The SMILES string of the molecule is CCc1nc2ncc(F)cn2c1Cc1cc(Br)c(O)c(Br)c1. The highest BCUT2D eigenvalue weighted by molar-refractivity contribution is 9.11. The van der Waals surface area contributed by atoms with E-state index in [2.05, 4.69) is 41.8 Å². The van der Waals surface area contributed by atoms with Gasteiger partial charge in [0.15, 0.2) is 5.82 Å². The van der Waals surface area contributed by atoms with Gasteiger partial charge in [0.1, 0.15) is 5.75 Å². The van der Waals surface area contributed by atoms with Crippen molar-refractivity contribution >= 4 is 37.6 Å². The molecule has 114 valence electrons. The molecule has 0 amide bonds. The fourth-order valence-corrected chi connectivity index (χ4v) is 3.67. The van der Waals surface area contributed by atoms with E-state index < -0.39 is 5.82 Å². The van der Waals surface area contributed by atoms with Crippen molar-refractivity contribution in [3.05, 3.63) is 56.2 Å². The number of halogens is 3. The Kier molecular flexibility index (Phi) is 4.18. The summed E-state index contributed by atoms with van der Waals surface area (Å²) in [4.78, 5) is 8.46. The number of benzene rings is 1. The molecule has 0 radical (unpaired) electrons. The molecule has 2 aromatic heterocycles. The lowest BCUT2D eigenvalue weighted by Crippen LogP contribution is -2.00. The summed E-state index contributed by atoms with van der Waals surface area (Å²) in [6.45, 7) is 2.00. The molecule has 0 atom stereocenters. The van der Waals surface area contributed by atoms with E-state index in [0.717, 1.165) is 23.4 Å². The van der Waals surface area contributed by atoms with Crippen LogP contribution in [0.1, 0.15) is 23.9 Å². The number of hydrogen-bond acceptors (Lipinski definition) is 3. The summed E-state index contributed by atoms with van der Waals surface area (Å²) in [5, 5.41) is 9.79. The van der Waals surface area contributed by atoms with Crippen molar-refractivity contribution in [3.8, 4) is 5.75 Å². The number of fused-ring (bicyclic) bond motifs is 1. The third kappa shape index (κ3) is 2.75.